The van der Waals surface area contributed by atoms with E-state index >= 15 is 0 Å². The summed E-state index contributed by atoms with van der Waals surface area (Å²) in [6, 6.07) is 0.710. The van der Waals surface area contributed by atoms with Gasteiger partial charge in [-0.15, -0.1) is 0 Å². The highest BCUT2D eigenvalue weighted by Crippen LogP contribution is 2.51. The summed E-state index contributed by atoms with van der Waals surface area (Å²) in [5.74, 6) is -10.0. The average molecular weight is 514 g/mol. The van der Waals surface area contributed by atoms with Crippen molar-refractivity contribution in [1.29, 1.82) is 0 Å². The van der Waals surface area contributed by atoms with Crippen LogP contribution in [0.25, 0.3) is 0 Å². The van der Waals surface area contributed by atoms with Crippen molar-refractivity contribution in [3.63, 3.8) is 0 Å². The number of nitrogens with two attached hydrogens (primary N) is 1. The molecule has 1 aromatic carbocycles. The quantitative estimate of drug-likeness (QED) is 0.313. The summed E-state index contributed by atoms with van der Waals surface area (Å²) in [5.41, 5.74) is 4.54. The first-order valence-electron chi connectivity index (χ1n) is 12.7. The number of phenols is 1. The third-order valence-electron chi connectivity index (χ3n) is 8.24. The van der Waals surface area contributed by atoms with Gasteiger partial charge in [-0.2, -0.15) is 0 Å². The number of nitrogens with zero attached hydrogens (tertiary/aromatic N) is 1. The summed E-state index contributed by atoms with van der Waals surface area (Å²) in [7, 11) is 3.13. The van der Waals surface area contributed by atoms with Crippen molar-refractivity contribution in [3.05, 3.63) is 22.8 Å². The van der Waals surface area contributed by atoms with Crippen LogP contribution < -0.4 is 11.1 Å². The van der Waals surface area contributed by atoms with E-state index < -0.39 is 64.4 Å². The third kappa shape index (κ3) is 3.88. The van der Waals surface area contributed by atoms with E-state index in [9.17, 15) is 34.2 Å². The van der Waals surface area contributed by atoms with Gasteiger partial charge in [0.15, 0.2) is 34.7 Å². The first-order valence-corrected chi connectivity index (χ1v) is 12.7. The van der Waals surface area contributed by atoms with Crippen molar-refractivity contribution < 1.29 is 34.2 Å². The van der Waals surface area contributed by atoms with Gasteiger partial charge < -0.3 is 21.3 Å². The normalized spacial score (nSPS) is 31.3. The van der Waals surface area contributed by atoms with Gasteiger partial charge in [0.05, 0.1) is 23.2 Å². The number of hydrogen-bond donors (Lipinski definition) is 4. The predicted octanol–water partition coefficient (Wildman–Crippen LogP) is 0.497. The van der Waals surface area contributed by atoms with Gasteiger partial charge in [0, 0.05) is 12.5 Å². The summed E-state index contributed by atoms with van der Waals surface area (Å²) in [6.07, 6.45) is 0.900. The zero-order valence-corrected chi connectivity index (χ0v) is 21.8. The molecule has 1 amide bonds. The minimum Gasteiger partial charge on any atom is -0.505 e. The highest BCUT2D eigenvalue weighted by Gasteiger charge is 2.69. The Bertz CT molecular complexity index is 1210. The van der Waals surface area contributed by atoms with Crippen LogP contribution in [0, 0.1) is 29.6 Å². The molecule has 6 atom stereocenters. The minimum atomic E-state index is -2.71. The van der Waals surface area contributed by atoms with Crippen LogP contribution >= 0.6 is 0 Å². The van der Waals surface area contributed by atoms with Gasteiger partial charge in [-0.3, -0.25) is 28.9 Å². The van der Waals surface area contributed by atoms with Crippen LogP contribution in [0.5, 0.6) is 5.75 Å². The first kappa shape index (κ1) is 26.9. The molecule has 3 aliphatic carbocycles. The maximum Gasteiger partial charge on any atom is 0.235 e. The number of Topliss-reactive ketones (excluding diaryl/α,β-unsaturated/α-hetero) is 4. The van der Waals surface area contributed by atoms with Crippen LogP contribution in [-0.4, -0.2) is 76.4 Å². The smallest absolute Gasteiger partial charge is 0.235 e. The molecule has 0 saturated heterocycles. The van der Waals surface area contributed by atoms with Gasteiger partial charge in [0.1, 0.15) is 5.75 Å². The Balaban J connectivity index is 1.85. The number of anilines is 1. The van der Waals surface area contributed by atoms with Crippen molar-refractivity contribution in [2.45, 2.75) is 51.7 Å². The van der Waals surface area contributed by atoms with Gasteiger partial charge in [-0.25, -0.2) is 0 Å². The van der Waals surface area contributed by atoms with Crippen molar-refractivity contribution in [3.8, 4) is 5.75 Å². The number of nitrogens with one attached hydrogen (secondary N) is 1. The Morgan fingerprint density at radius 1 is 1.22 bits per heavy atom. The van der Waals surface area contributed by atoms with Crippen molar-refractivity contribution in [1.82, 2.24) is 4.90 Å². The monoisotopic (exact) mass is 513 g/mol. The lowest BCUT2D eigenvalue weighted by molar-refractivity contribution is -0.181. The van der Waals surface area contributed by atoms with Crippen molar-refractivity contribution in [2.75, 3.05) is 26.0 Å². The number of amides is 1. The molecule has 0 aromatic heterocycles. The summed E-state index contributed by atoms with van der Waals surface area (Å²) in [5, 5.41) is 25.9. The van der Waals surface area contributed by atoms with E-state index in [4.69, 9.17) is 5.73 Å². The molecular formula is C27H35N3O7. The molecule has 0 radical (unpaired) electrons. The van der Waals surface area contributed by atoms with Gasteiger partial charge in [-0.05, 0) is 62.4 Å². The molecule has 200 valence electrons. The molecular weight excluding hydrogens is 478 g/mol. The standard InChI is InChI=1S/C27H35N3O7/c1-6-12-9-16(29-10-11(2)3)21(31)18-14(12)7-13-8-15-20(30(4)5)23(33)19(26(28)36)25(35)27(15,37)24(34)17(13)22(18)32/h9,11,13,15,17,19-20,29,31,37H,6-8,10H2,1-5H3,(H2,28,36)/t13-,15-,17?,19?,20-,27-/m1/s1. The lowest BCUT2D eigenvalue weighted by Gasteiger charge is -2.52. The Kier molecular flexibility index (Phi) is 6.79. The van der Waals surface area contributed by atoms with Gasteiger partial charge in [-0.1, -0.05) is 20.8 Å². The molecule has 3 aliphatic rings. The van der Waals surface area contributed by atoms with E-state index in [0.717, 1.165) is 5.56 Å². The number of aryl methyl sites for hydroxylation is 1. The molecule has 5 N–H and O–H groups in total. The predicted molar refractivity (Wildman–Crippen MR) is 134 cm³/mol. The molecule has 2 fully saturated rings. The van der Waals surface area contributed by atoms with Crippen LogP contribution in [0.15, 0.2) is 6.07 Å². The molecule has 37 heavy (non-hydrogen) atoms. The van der Waals surface area contributed by atoms with Crippen molar-refractivity contribution in [2.24, 2.45) is 35.3 Å². The average Bonchev–Trinajstić information content (AvgIpc) is 2.80. The first-order chi connectivity index (χ1) is 17.3. The molecule has 4 rings (SSSR count). The van der Waals surface area contributed by atoms with Crippen LogP contribution in [0.1, 0.15) is 48.7 Å². The largest absolute Gasteiger partial charge is 0.505 e. The number of ketones is 4. The Morgan fingerprint density at radius 3 is 2.41 bits per heavy atom. The number of benzene rings is 1. The molecule has 0 bridgehead atoms. The fourth-order valence-corrected chi connectivity index (χ4v) is 6.51. The summed E-state index contributed by atoms with van der Waals surface area (Å²) >= 11 is 0. The highest BCUT2D eigenvalue weighted by atomic mass is 16.3. The zero-order chi connectivity index (χ0) is 27.6. The van der Waals surface area contributed by atoms with Crippen molar-refractivity contribution >= 4 is 34.7 Å². The number of likely N-dealkylation sites (N-methyl/N-ethyl adjacent to an activating group) is 1. The maximum absolute atomic E-state index is 13.9. The summed E-state index contributed by atoms with van der Waals surface area (Å²) in [6.45, 7) is 6.50. The second-order valence-electron chi connectivity index (χ2n) is 11.2. The number of phenolic OH excluding ortho intramolecular Hbond substituents is 1. The van der Waals surface area contributed by atoms with Crippen LogP contribution in [0.2, 0.25) is 0 Å². The highest BCUT2D eigenvalue weighted by molar-refractivity contribution is 6.32. The number of aliphatic hydroxyl groups is 1. The second-order valence-corrected chi connectivity index (χ2v) is 11.2. The summed E-state index contributed by atoms with van der Waals surface area (Å²) < 4.78 is 0. The molecule has 10 nitrogen and oxygen atoms in total. The fourth-order valence-electron chi connectivity index (χ4n) is 6.51. The number of rotatable bonds is 6. The topological polar surface area (TPSA) is 167 Å². The zero-order valence-electron chi connectivity index (χ0n) is 21.8. The Hall–Kier alpha value is -3.11. The van der Waals surface area contributed by atoms with Gasteiger partial charge in [0.25, 0.3) is 0 Å². The van der Waals surface area contributed by atoms with E-state index in [1.165, 1.54) is 4.90 Å². The van der Waals surface area contributed by atoms with Crippen LogP contribution in [0.3, 0.4) is 0 Å². The van der Waals surface area contributed by atoms with Gasteiger partial charge in [0.2, 0.25) is 5.91 Å². The minimum absolute atomic E-state index is 0.0252. The Labute approximate surface area is 215 Å². The fraction of sp³-hybridized carbons (Fsp3) is 0.593. The lowest BCUT2D eigenvalue weighted by Crippen LogP contribution is -2.74. The number of hydrogen-bond acceptors (Lipinski definition) is 9. The molecule has 10 heteroatoms. The van der Waals surface area contributed by atoms with Gasteiger partial charge >= 0.3 is 0 Å². The van der Waals surface area contributed by atoms with Crippen LogP contribution in [0.4, 0.5) is 5.69 Å². The molecule has 2 unspecified atom stereocenters. The number of fused-ring (bicyclic) bond motifs is 3. The Morgan fingerprint density at radius 2 is 1.86 bits per heavy atom. The third-order valence-corrected chi connectivity index (χ3v) is 8.24. The van der Waals surface area contributed by atoms with E-state index in [2.05, 4.69) is 5.32 Å². The SMILES string of the molecule is CCc1cc(NCC(C)C)c(O)c2c1C[C@@H]1C[C@@H]3[C@@H](N(C)C)C(=O)C(C(N)=O)C(=O)[C@]3(O)C(=O)C1C2=O. The van der Waals surface area contributed by atoms with Crippen LogP contribution in [-0.2, 0) is 32.0 Å². The van der Waals surface area contributed by atoms with E-state index in [1.54, 1.807) is 14.1 Å². The van der Waals surface area contributed by atoms with E-state index in [-0.39, 0.29) is 30.1 Å². The second kappa shape index (κ2) is 9.33. The summed E-state index contributed by atoms with van der Waals surface area (Å²) in [4.78, 5) is 67.8. The number of carbonyl (C=O) groups excluding carboxylic acids is 5. The number of carbonyl (C=O) groups is 5. The van der Waals surface area contributed by atoms with E-state index in [1.807, 2.05) is 26.8 Å². The molecule has 2 saturated carbocycles. The number of aromatic hydroxyl groups is 1. The molecule has 0 heterocycles. The maximum atomic E-state index is 13.9. The lowest BCUT2D eigenvalue weighted by atomic mass is 9.52. The number of primary amides is 1. The molecule has 0 spiro atoms. The van der Waals surface area contributed by atoms with E-state index in [0.29, 0.717) is 24.2 Å². The molecule has 0 aliphatic heterocycles. The molecule has 1 aromatic rings.